The van der Waals surface area contributed by atoms with E-state index in [-0.39, 0.29) is 18.1 Å². The monoisotopic (exact) mass is 355 g/mol. The summed E-state index contributed by atoms with van der Waals surface area (Å²) >= 11 is 5.81. The number of urea groups is 1. The molecule has 0 saturated heterocycles. The number of carbonyl (C=O) groups is 1. The van der Waals surface area contributed by atoms with Crippen molar-refractivity contribution in [2.75, 3.05) is 5.32 Å². The zero-order valence-electron chi connectivity index (χ0n) is 13.9. The number of hydrogen-bond donors (Lipinski definition) is 3. The second-order valence-electron chi connectivity index (χ2n) is 5.91. The number of carbonyl (C=O) groups excluding carboxylic acids is 1. The van der Waals surface area contributed by atoms with Crippen LogP contribution in [0, 0.1) is 13.8 Å². The van der Waals surface area contributed by atoms with Crippen molar-refractivity contribution >= 4 is 34.2 Å². The number of benzene rings is 2. The average molecular weight is 356 g/mol. The molecule has 2 aromatic carbocycles. The highest BCUT2D eigenvalue weighted by Crippen LogP contribution is 2.19. The first-order valence-electron chi connectivity index (χ1n) is 7.86. The molecule has 3 N–H and O–H groups in total. The third-order valence-corrected chi connectivity index (χ3v) is 4.42. The number of halogens is 1. The minimum atomic E-state index is -0.387. The molecule has 3 rings (SSSR count). The molecule has 0 spiro atoms. The van der Waals surface area contributed by atoms with Crippen molar-refractivity contribution in [1.82, 2.24) is 10.3 Å². The van der Waals surface area contributed by atoms with Crippen LogP contribution in [0.3, 0.4) is 0 Å². The van der Waals surface area contributed by atoms with Gasteiger partial charge in [-0.25, -0.2) is 4.79 Å². The number of aromatic amines is 1. The predicted molar refractivity (Wildman–Crippen MR) is 101 cm³/mol. The number of hydrogen-bond acceptors (Lipinski definition) is 2. The highest BCUT2D eigenvalue weighted by molar-refractivity contribution is 6.30. The van der Waals surface area contributed by atoms with Crippen molar-refractivity contribution in [2.24, 2.45) is 0 Å². The van der Waals surface area contributed by atoms with Gasteiger partial charge in [0.1, 0.15) is 0 Å². The SMILES string of the molecule is Cc1ccc2cc(CNC(=O)Nc3ccc(Cl)cc3)c(=O)[nH]c2c1C. The second kappa shape index (κ2) is 6.99. The summed E-state index contributed by atoms with van der Waals surface area (Å²) in [5, 5.41) is 6.92. The fourth-order valence-corrected chi connectivity index (χ4v) is 2.71. The summed E-state index contributed by atoms with van der Waals surface area (Å²) in [6.45, 7) is 4.12. The Morgan fingerprint density at radius 1 is 1.12 bits per heavy atom. The number of pyridine rings is 1. The lowest BCUT2D eigenvalue weighted by atomic mass is 10.0. The summed E-state index contributed by atoms with van der Waals surface area (Å²) in [7, 11) is 0. The number of amides is 2. The summed E-state index contributed by atoms with van der Waals surface area (Å²) in [4.78, 5) is 27.1. The first-order valence-corrected chi connectivity index (χ1v) is 8.24. The van der Waals surface area contributed by atoms with Gasteiger partial charge >= 0.3 is 6.03 Å². The van der Waals surface area contributed by atoms with E-state index in [2.05, 4.69) is 15.6 Å². The van der Waals surface area contributed by atoms with Crippen LogP contribution in [0.25, 0.3) is 10.9 Å². The topological polar surface area (TPSA) is 74.0 Å². The van der Waals surface area contributed by atoms with Crippen LogP contribution >= 0.6 is 11.6 Å². The molecule has 0 radical (unpaired) electrons. The summed E-state index contributed by atoms with van der Waals surface area (Å²) in [5.74, 6) is 0. The van der Waals surface area contributed by atoms with Crippen molar-refractivity contribution < 1.29 is 4.79 Å². The van der Waals surface area contributed by atoms with Crippen LogP contribution < -0.4 is 16.2 Å². The van der Waals surface area contributed by atoms with Gasteiger partial charge in [0.15, 0.2) is 0 Å². The lowest BCUT2D eigenvalue weighted by molar-refractivity contribution is 0.251. The van der Waals surface area contributed by atoms with E-state index in [1.165, 1.54) is 0 Å². The Hall–Kier alpha value is -2.79. The minimum absolute atomic E-state index is 0.137. The van der Waals surface area contributed by atoms with E-state index < -0.39 is 0 Å². The molecular formula is C19H18ClN3O2. The number of nitrogens with one attached hydrogen (secondary N) is 3. The largest absolute Gasteiger partial charge is 0.334 e. The summed E-state index contributed by atoms with van der Waals surface area (Å²) in [6.07, 6.45) is 0. The van der Waals surface area contributed by atoms with E-state index >= 15 is 0 Å². The second-order valence-corrected chi connectivity index (χ2v) is 6.35. The van der Waals surface area contributed by atoms with Crippen molar-refractivity contribution in [3.63, 3.8) is 0 Å². The standard InChI is InChI=1S/C19H18ClN3O2/c1-11-3-4-13-9-14(18(24)23-17(13)12(11)2)10-21-19(25)22-16-7-5-15(20)6-8-16/h3-9H,10H2,1-2H3,(H,23,24)(H2,21,22,25). The maximum absolute atomic E-state index is 12.3. The highest BCUT2D eigenvalue weighted by Gasteiger charge is 2.08. The first-order chi connectivity index (χ1) is 11.9. The van der Waals surface area contributed by atoms with Gasteiger partial charge in [-0.2, -0.15) is 0 Å². The molecule has 25 heavy (non-hydrogen) atoms. The van der Waals surface area contributed by atoms with Crippen LogP contribution in [-0.2, 0) is 6.54 Å². The molecular weight excluding hydrogens is 338 g/mol. The molecule has 0 saturated carbocycles. The summed E-state index contributed by atoms with van der Waals surface area (Å²) in [6, 6.07) is 12.2. The highest BCUT2D eigenvalue weighted by atomic mass is 35.5. The number of anilines is 1. The van der Waals surface area contributed by atoms with Crippen molar-refractivity contribution in [3.05, 3.63) is 74.5 Å². The van der Waals surface area contributed by atoms with E-state index in [9.17, 15) is 9.59 Å². The Bertz CT molecular complexity index is 994. The van der Waals surface area contributed by atoms with E-state index in [0.717, 1.165) is 22.0 Å². The molecule has 3 aromatic rings. The van der Waals surface area contributed by atoms with Crippen LogP contribution in [0.1, 0.15) is 16.7 Å². The molecule has 0 aliphatic carbocycles. The van der Waals surface area contributed by atoms with E-state index in [1.807, 2.05) is 32.0 Å². The Morgan fingerprint density at radius 2 is 1.84 bits per heavy atom. The quantitative estimate of drug-likeness (QED) is 0.661. The maximum atomic E-state index is 12.3. The summed E-state index contributed by atoms with van der Waals surface area (Å²) in [5.41, 5.74) is 3.93. The zero-order valence-corrected chi connectivity index (χ0v) is 14.7. The molecule has 1 heterocycles. The van der Waals surface area contributed by atoms with Gasteiger partial charge in [-0.1, -0.05) is 23.7 Å². The van der Waals surface area contributed by atoms with Gasteiger partial charge in [0.2, 0.25) is 0 Å². The van der Waals surface area contributed by atoms with Gasteiger partial charge in [-0.05, 0) is 60.7 Å². The molecule has 0 aliphatic heterocycles. The number of fused-ring (bicyclic) bond motifs is 1. The van der Waals surface area contributed by atoms with Gasteiger partial charge in [-0.3, -0.25) is 4.79 Å². The Kier molecular flexibility index (Phi) is 4.76. The molecule has 1 aromatic heterocycles. The van der Waals surface area contributed by atoms with Crippen molar-refractivity contribution in [1.29, 1.82) is 0 Å². The van der Waals surface area contributed by atoms with Crippen LogP contribution in [0.2, 0.25) is 5.02 Å². The third kappa shape index (κ3) is 3.83. The Morgan fingerprint density at radius 3 is 2.56 bits per heavy atom. The normalized spacial score (nSPS) is 10.7. The average Bonchev–Trinajstić information content (AvgIpc) is 2.59. The van der Waals surface area contributed by atoms with E-state index in [4.69, 9.17) is 11.6 Å². The molecule has 0 unspecified atom stereocenters. The number of rotatable bonds is 3. The van der Waals surface area contributed by atoms with Gasteiger partial charge in [0.25, 0.3) is 5.56 Å². The Labute approximate surface area is 150 Å². The molecule has 0 atom stereocenters. The molecule has 0 aliphatic rings. The van der Waals surface area contributed by atoms with Crippen molar-refractivity contribution in [2.45, 2.75) is 20.4 Å². The fraction of sp³-hybridized carbons (Fsp3) is 0.158. The van der Waals surface area contributed by atoms with Crippen LogP contribution in [0.15, 0.2) is 47.3 Å². The minimum Gasteiger partial charge on any atom is -0.334 e. The number of aromatic nitrogens is 1. The molecule has 0 bridgehead atoms. The molecule has 0 fully saturated rings. The molecule has 5 nitrogen and oxygen atoms in total. The molecule has 6 heteroatoms. The van der Waals surface area contributed by atoms with Gasteiger partial charge in [0, 0.05) is 22.8 Å². The van der Waals surface area contributed by atoms with Crippen LogP contribution in [0.4, 0.5) is 10.5 Å². The smallest absolute Gasteiger partial charge is 0.319 e. The lowest BCUT2D eigenvalue weighted by Gasteiger charge is -2.10. The molecule has 2 amide bonds. The van der Waals surface area contributed by atoms with Crippen LogP contribution in [0.5, 0.6) is 0 Å². The maximum Gasteiger partial charge on any atom is 0.319 e. The van der Waals surface area contributed by atoms with Crippen LogP contribution in [-0.4, -0.2) is 11.0 Å². The van der Waals surface area contributed by atoms with Crippen molar-refractivity contribution in [3.8, 4) is 0 Å². The predicted octanol–water partition coefficient (Wildman–Crippen LogP) is 4.12. The number of H-pyrrole nitrogens is 1. The van der Waals surface area contributed by atoms with Gasteiger partial charge in [0.05, 0.1) is 5.52 Å². The Balaban J connectivity index is 1.73. The van der Waals surface area contributed by atoms with E-state index in [1.54, 1.807) is 24.3 Å². The zero-order chi connectivity index (χ0) is 18.0. The third-order valence-electron chi connectivity index (χ3n) is 4.17. The van der Waals surface area contributed by atoms with Gasteiger partial charge < -0.3 is 15.6 Å². The fourth-order valence-electron chi connectivity index (χ4n) is 2.59. The first kappa shape index (κ1) is 17.0. The lowest BCUT2D eigenvalue weighted by Crippen LogP contribution is -2.30. The summed E-state index contributed by atoms with van der Waals surface area (Å²) < 4.78 is 0. The molecule has 128 valence electrons. The number of aryl methyl sites for hydroxylation is 2. The van der Waals surface area contributed by atoms with Gasteiger partial charge in [-0.15, -0.1) is 0 Å². The van der Waals surface area contributed by atoms with E-state index in [0.29, 0.717) is 16.3 Å².